The van der Waals surface area contributed by atoms with E-state index in [4.69, 9.17) is 5.10 Å². The van der Waals surface area contributed by atoms with Gasteiger partial charge in [0.2, 0.25) is 0 Å². The van der Waals surface area contributed by atoms with Crippen molar-refractivity contribution in [3.63, 3.8) is 0 Å². The molecule has 3 rings (SSSR count). The van der Waals surface area contributed by atoms with Crippen molar-refractivity contribution in [3.8, 4) is 0 Å². The summed E-state index contributed by atoms with van der Waals surface area (Å²) >= 11 is 0. The molecule has 2 saturated carbocycles. The van der Waals surface area contributed by atoms with Gasteiger partial charge < -0.3 is 5.11 Å². The molecular formula is C16H26N2O. The van der Waals surface area contributed by atoms with Crippen LogP contribution in [0.15, 0.2) is 12.3 Å². The van der Waals surface area contributed by atoms with Crippen molar-refractivity contribution in [2.45, 2.75) is 70.4 Å². The number of fused-ring (bicyclic) bond motifs is 2. The van der Waals surface area contributed by atoms with Gasteiger partial charge in [0.25, 0.3) is 0 Å². The first-order valence-electron chi connectivity index (χ1n) is 7.91. The summed E-state index contributed by atoms with van der Waals surface area (Å²) in [6.07, 6.45) is 9.85. The summed E-state index contributed by atoms with van der Waals surface area (Å²) in [6.45, 7) is 4.41. The molecule has 0 aliphatic heterocycles. The summed E-state index contributed by atoms with van der Waals surface area (Å²) < 4.78 is 2.09. The molecule has 0 saturated heterocycles. The van der Waals surface area contributed by atoms with Gasteiger partial charge in [-0.15, -0.1) is 0 Å². The topological polar surface area (TPSA) is 38.0 Å². The highest BCUT2D eigenvalue weighted by atomic mass is 16.3. The molecule has 3 nitrogen and oxygen atoms in total. The van der Waals surface area contributed by atoms with E-state index in [1.165, 1.54) is 19.3 Å². The van der Waals surface area contributed by atoms with Crippen molar-refractivity contribution in [2.24, 2.45) is 11.8 Å². The maximum atomic E-state index is 10.8. The van der Waals surface area contributed by atoms with Crippen molar-refractivity contribution in [2.75, 3.05) is 0 Å². The molecule has 2 aliphatic rings. The highest BCUT2D eigenvalue weighted by Gasteiger charge is 2.49. The van der Waals surface area contributed by atoms with Crippen LogP contribution in [-0.4, -0.2) is 20.5 Å². The lowest BCUT2D eigenvalue weighted by atomic mass is 9.81. The Bertz CT molecular complexity index is 438. The smallest absolute Gasteiger partial charge is 0.0734 e. The van der Waals surface area contributed by atoms with Crippen LogP contribution in [0.3, 0.4) is 0 Å². The summed E-state index contributed by atoms with van der Waals surface area (Å²) in [5, 5.41) is 15.5. The fourth-order valence-corrected chi connectivity index (χ4v) is 4.28. The Labute approximate surface area is 116 Å². The molecule has 0 amide bonds. The largest absolute Gasteiger partial charge is 0.389 e. The molecule has 2 aliphatic carbocycles. The molecule has 106 valence electrons. The van der Waals surface area contributed by atoms with E-state index in [9.17, 15) is 5.11 Å². The summed E-state index contributed by atoms with van der Waals surface area (Å²) in [6, 6.07) is 2.60. The Morgan fingerprint density at radius 2 is 2.21 bits per heavy atom. The second-order valence-electron chi connectivity index (χ2n) is 6.62. The fraction of sp³-hybridized carbons (Fsp3) is 0.812. The molecule has 1 N–H and O–H groups in total. The first kappa shape index (κ1) is 13.2. The van der Waals surface area contributed by atoms with Crippen LogP contribution in [0.5, 0.6) is 0 Å². The van der Waals surface area contributed by atoms with E-state index < -0.39 is 5.60 Å². The number of aliphatic hydroxyl groups is 1. The number of rotatable bonds is 5. The molecule has 0 aromatic carbocycles. The van der Waals surface area contributed by atoms with Gasteiger partial charge in [0, 0.05) is 12.6 Å². The van der Waals surface area contributed by atoms with Gasteiger partial charge in [0.15, 0.2) is 0 Å². The van der Waals surface area contributed by atoms with Gasteiger partial charge in [0.1, 0.15) is 0 Å². The molecule has 1 heterocycles. The zero-order valence-corrected chi connectivity index (χ0v) is 12.2. The second-order valence-corrected chi connectivity index (χ2v) is 6.62. The first-order valence-corrected chi connectivity index (χ1v) is 7.91. The third-order valence-corrected chi connectivity index (χ3v) is 5.41. The van der Waals surface area contributed by atoms with E-state index in [-0.39, 0.29) is 0 Å². The van der Waals surface area contributed by atoms with Gasteiger partial charge in [-0.25, -0.2) is 0 Å². The highest BCUT2D eigenvalue weighted by Crippen LogP contribution is 2.51. The van der Waals surface area contributed by atoms with Crippen LogP contribution >= 0.6 is 0 Å². The van der Waals surface area contributed by atoms with Crippen molar-refractivity contribution in [1.29, 1.82) is 0 Å². The van der Waals surface area contributed by atoms with Gasteiger partial charge in [-0.3, -0.25) is 4.68 Å². The Morgan fingerprint density at radius 1 is 1.42 bits per heavy atom. The molecule has 1 aromatic rings. The summed E-state index contributed by atoms with van der Waals surface area (Å²) in [5.74, 6) is 1.30. The minimum absolute atomic E-state index is 0.462. The van der Waals surface area contributed by atoms with Crippen LogP contribution in [0.25, 0.3) is 0 Å². The molecule has 3 heteroatoms. The van der Waals surface area contributed by atoms with E-state index in [2.05, 4.69) is 30.8 Å². The molecule has 3 unspecified atom stereocenters. The number of nitrogens with zero attached hydrogens (tertiary/aromatic N) is 2. The van der Waals surface area contributed by atoms with Crippen molar-refractivity contribution in [3.05, 3.63) is 18.0 Å². The van der Waals surface area contributed by atoms with Gasteiger partial charge >= 0.3 is 0 Å². The third kappa shape index (κ3) is 2.33. The van der Waals surface area contributed by atoms with E-state index in [0.29, 0.717) is 12.0 Å². The number of aromatic nitrogens is 2. The predicted octanol–water partition coefficient (Wildman–Crippen LogP) is 3.34. The fourth-order valence-electron chi connectivity index (χ4n) is 4.28. The standard InChI is InChI=1S/C16H26N2O/c1-3-15(4-2)18-8-7-14(17-18)11-16(19)10-12-5-6-13(16)9-12/h7-8,12-13,15,19H,3-6,9-11H2,1-2H3. The second kappa shape index (κ2) is 4.93. The van der Waals surface area contributed by atoms with Gasteiger partial charge in [-0.1, -0.05) is 13.8 Å². The zero-order valence-electron chi connectivity index (χ0n) is 12.2. The van der Waals surface area contributed by atoms with Gasteiger partial charge in [-0.05, 0) is 56.4 Å². The number of hydrogen-bond acceptors (Lipinski definition) is 2. The van der Waals surface area contributed by atoms with Crippen LogP contribution in [0, 0.1) is 11.8 Å². The van der Waals surface area contributed by atoms with Gasteiger partial charge in [0.05, 0.1) is 17.3 Å². The molecule has 19 heavy (non-hydrogen) atoms. The minimum Gasteiger partial charge on any atom is -0.389 e. The molecule has 2 bridgehead atoms. The van der Waals surface area contributed by atoms with E-state index in [0.717, 1.165) is 37.3 Å². The van der Waals surface area contributed by atoms with E-state index >= 15 is 0 Å². The lowest BCUT2D eigenvalue weighted by Gasteiger charge is -2.31. The molecule has 2 fully saturated rings. The maximum Gasteiger partial charge on any atom is 0.0734 e. The molecule has 3 atom stereocenters. The van der Waals surface area contributed by atoms with Crippen LogP contribution in [0.1, 0.15) is 64.1 Å². The van der Waals surface area contributed by atoms with Gasteiger partial charge in [-0.2, -0.15) is 5.10 Å². The molecule has 0 radical (unpaired) electrons. The Kier molecular flexibility index (Phi) is 3.42. The highest BCUT2D eigenvalue weighted by molar-refractivity contribution is 5.10. The number of hydrogen-bond donors (Lipinski definition) is 1. The van der Waals surface area contributed by atoms with Crippen LogP contribution in [0.4, 0.5) is 0 Å². The molecule has 0 spiro atoms. The summed E-state index contributed by atoms with van der Waals surface area (Å²) in [7, 11) is 0. The summed E-state index contributed by atoms with van der Waals surface area (Å²) in [5.41, 5.74) is 0.609. The van der Waals surface area contributed by atoms with Crippen molar-refractivity contribution in [1.82, 2.24) is 9.78 Å². The maximum absolute atomic E-state index is 10.8. The van der Waals surface area contributed by atoms with E-state index in [1.54, 1.807) is 0 Å². The monoisotopic (exact) mass is 262 g/mol. The quantitative estimate of drug-likeness (QED) is 0.883. The zero-order chi connectivity index (χ0) is 13.5. The Morgan fingerprint density at radius 3 is 2.79 bits per heavy atom. The first-order chi connectivity index (χ1) is 9.14. The SMILES string of the molecule is CCC(CC)n1ccc(CC2(O)CC3CCC2C3)n1. The average Bonchev–Trinajstić information content (AvgIpc) is 3.06. The molecular weight excluding hydrogens is 236 g/mol. The van der Waals surface area contributed by atoms with Crippen molar-refractivity contribution >= 4 is 0 Å². The normalized spacial score (nSPS) is 33.5. The van der Waals surface area contributed by atoms with E-state index in [1.807, 2.05) is 0 Å². The Balaban J connectivity index is 1.70. The average molecular weight is 262 g/mol. The lowest BCUT2D eigenvalue weighted by molar-refractivity contribution is -0.0134. The lowest BCUT2D eigenvalue weighted by Crippen LogP contribution is -2.37. The molecule has 1 aromatic heterocycles. The van der Waals surface area contributed by atoms with Crippen LogP contribution in [0.2, 0.25) is 0 Å². The summed E-state index contributed by atoms with van der Waals surface area (Å²) in [4.78, 5) is 0. The Hall–Kier alpha value is -0.830. The minimum atomic E-state index is -0.462. The van der Waals surface area contributed by atoms with Crippen molar-refractivity contribution < 1.29 is 5.11 Å². The van der Waals surface area contributed by atoms with Crippen LogP contribution < -0.4 is 0 Å². The van der Waals surface area contributed by atoms with Crippen LogP contribution in [-0.2, 0) is 6.42 Å². The third-order valence-electron chi connectivity index (χ3n) is 5.41. The predicted molar refractivity (Wildman–Crippen MR) is 75.9 cm³/mol.